The molecule has 0 atom stereocenters. The lowest BCUT2D eigenvalue weighted by Gasteiger charge is -2.20. The van der Waals surface area contributed by atoms with Gasteiger partial charge < -0.3 is 10.2 Å². The second-order valence-electron chi connectivity index (χ2n) is 4.56. The first-order valence-electron chi connectivity index (χ1n) is 6.37. The van der Waals surface area contributed by atoms with E-state index >= 15 is 0 Å². The Kier molecular flexibility index (Phi) is 5.43. The second-order valence-corrected chi connectivity index (χ2v) is 6.44. The summed E-state index contributed by atoms with van der Waals surface area (Å²) in [5, 5.41) is 5.31. The van der Waals surface area contributed by atoms with Crippen LogP contribution in [0.15, 0.2) is 40.2 Å². The fourth-order valence-corrected chi connectivity index (χ4v) is 3.17. The van der Waals surface area contributed by atoms with E-state index in [-0.39, 0.29) is 0 Å². The summed E-state index contributed by atoms with van der Waals surface area (Å²) >= 11 is 5.47. The molecule has 0 saturated carbocycles. The molecule has 1 aromatic carbocycles. The molecule has 19 heavy (non-hydrogen) atoms. The molecule has 102 valence electrons. The average Bonchev–Trinajstić information content (AvgIpc) is 2.91. The van der Waals surface area contributed by atoms with Crippen LogP contribution in [-0.2, 0) is 13.0 Å². The van der Waals surface area contributed by atoms with E-state index in [0.29, 0.717) is 0 Å². The molecule has 2 rings (SSSR count). The summed E-state index contributed by atoms with van der Waals surface area (Å²) in [6, 6.07) is 10.9. The van der Waals surface area contributed by atoms with Gasteiger partial charge in [0.15, 0.2) is 0 Å². The lowest BCUT2D eigenvalue weighted by Crippen LogP contribution is -2.20. The summed E-state index contributed by atoms with van der Waals surface area (Å²) in [4.78, 5) is 3.74. The van der Waals surface area contributed by atoms with E-state index in [4.69, 9.17) is 0 Å². The summed E-state index contributed by atoms with van der Waals surface area (Å²) < 4.78 is 1.17. The Labute approximate surface area is 127 Å². The first kappa shape index (κ1) is 14.6. The Balaban J connectivity index is 1.98. The minimum atomic E-state index is 0.889. The number of nitrogens with zero attached hydrogens (tertiary/aromatic N) is 1. The molecule has 0 bridgehead atoms. The first-order chi connectivity index (χ1) is 9.20. The Morgan fingerprint density at radius 3 is 2.79 bits per heavy atom. The minimum Gasteiger partial charge on any atom is -0.374 e. The van der Waals surface area contributed by atoms with E-state index in [1.165, 1.54) is 20.6 Å². The van der Waals surface area contributed by atoms with Crippen LogP contribution in [0.1, 0.15) is 10.4 Å². The van der Waals surface area contributed by atoms with Crippen LogP contribution < -0.4 is 10.2 Å². The summed E-state index contributed by atoms with van der Waals surface area (Å²) in [7, 11) is 4.11. The van der Waals surface area contributed by atoms with Crippen molar-refractivity contribution in [3.8, 4) is 0 Å². The van der Waals surface area contributed by atoms with Crippen molar-refractivity contribution in [1.82, 2.24) is 5.32 Å². The number of halogens is 1. The van der Waals surface area contributed by atoms with Crippen molar-refractivity contribution in [2.24, 2.45) is 0 Å². The fourth-order valence-electron chi connectivity index (χ4n) is 1.97. The molecule has 0 aliphatic heterocycles. The second kappa shape index (κ2) is 7.08. The quantitative estimate of drug-likeness (QED) is 0.858. The third-order valence-electron chi connectivity index (χ3n) is 3.12. The maximum atomic E-state index is 3.64. The fraction of sp³-hybridized carbons (Fsp3) is 0.333. The van der Waals surface area contributed by atoms with Crippen LogP contribution in [0, 0.1) is 0 Å². The molecule has 0 aliphatic rings. The van der Waals surface area contributed by atoms with Gasteiger partial charge in [0.25, 0.3) is 0 Å². The molecular weight excluding hydrogens is 320 g/mol. The van der Waals surface area contributed by atoms with Crippen LogP contribution in [0.3, 0.4) is 0 Å². The number of nitrogens with one attached hydrogen (secondary N) is 1. The van der Waals surface area contributed by atoms with Crippen molar-refractivity contribution in [2.45, 2.75) is 13.0 Å². The molecule has 0 spiro atoms. The van der Waals surface area contributed by atoms with Crippen molar-refractivity contribution in [2.75, 3.05) is 25.5 Å². The number of hydrogen-bond donors (Lipinski definition) is 1. The molecule has 1 heterocycles. The van der Waals surface area contributed by atoms with Crippen LogP contribution in [0.2, 0.25) is 0 Å². The van der Waals surface area contributed by atoms with Crippen LogP contribution >= 0.6 is 27.3 Å². The third-order valence-corrected chi connectivity index (χ3v) is 4.79. The summed E-state index contributed by atoms with van der Waals surface area (Å²) in [5.74, 6) is 0. The zero-order valence-corrected chi connectivity index (χ0v) is 13.7. The normalized spacial score (nSPS) is 10.7. The van der Waals surface area contributed by atoms with Gasteiger partial charge in [-0.25, -0.2) is 0 Å². The Morgan fingerprint density at radius 2 is 2.16 bits per heavy atom. The van der Waals surface area contributed by atoms with Crippen LogP contribution in [0.4, 0.5) is 5.69 Å². The van der Waals surface area contributed by atoms with E-state index in [2.05, 4.69) is 68.9 Å². The van der Waals surface area contributed by atoms with Gasteiger partial charge in [-0.1, -0.05) is 28.1 Å². The molecule has 0 amide bonds. The highest BCUT2D eigenvalue weighted by molar-refractivity contribution is 9.10. The predicted molar refractivity (Wildman–Crippen MR) is 88.2 cm³/mol. The molecule has 1 N–H and O–H groups in total. The summed E-state index contributed by atoms with van der Waals surface area (Å²) in [6.07, 6.45) is 1.10. The summed E-state index contributed by atoms with van der Waals surface area (Å²) in [5.41, 5.74) is 2.54. The predicted octanol–water partition coefficient (Wildman–Crippen LogP) is 3.91. The number of thiophene rings is 1. The highest BCUT2D eigenvalue weighted by Crippen LogP contribution is 2.24. The smallest absolute Gasteiger partial charge is 0.0375 e. The molecular formula is C15H19BrN2S. The molecule has 0 fully saturated rings. The molecule has 0 radical (unpaired) electrons. The van der Waals surface area contributed by atoms with E-state index in [1.54, 1.807) is 0 Å². The van der Waals surface area contributed by atoms with E-state index in [1.807, 2.05) is 18.4 Å². The number of anilines is 1. The standard InChI is InChI=1S/C15H19BrN2S/c1-17-11-12-5-6-13(10-15(12)16)18(2)8-7-14-4-3-9-19-14/h3-6,9-10,17H,7-8,11H2,1-2H3. The Bertz CT molecular complexity index is 511. The topological polar surface area (TPSA) is 15.3 Å². The van der Waals surface area contributed by atoms with Crippen molar-refractivity contribution >= 4 is 33.0 Å². The lowest BCUT2D eigenvalue weighted by atomic mass is 10.2. The van der Waals surface area contributed by atoms with Crippen LogP contribution in [-0.4, -0.2) is 20.6 Å². The molecule has 0 unspecified atom stereocenters. The number of benzene rings is 1. The van der Waals surface area contributed by atoms with Gasteiger partial charge in [-0.15, -0.1) is 11.3 Å². The van der Waals surface area contributed by atoms with Gasteiger partial charge in [0.2, 0.25) is 0 Å². The highest BCUT2D eigenvalue weighted by Gasteiger charge is 2.05. The van der Waals surface area contributed by atoms with Gasteiger partial charge in [-0.3, -0.25) is 0 Å². The van der Waals surface area contributed by atoms with Gasteiger partial charge in [-0.05, 0) is 42.6 Å². The minimum absolute atomic E-state index is 0.889. The maximum absolute atomic E-state index is 3.64. The van der Waals surface area contributed by atoms with Gasteiger partial charge in [0, 0.05) is 35.2 Å². The van der Waals surface area contributed by atoms with Crippen molar-refractivity contribution in [3.63, 3.8) is 0 Å². The lowest BCUT2D eigenvalue weighted by molar-refractivity contribution is 0.813. The largest absolute Gasteiger partial charge is 0.374 e. The van der Waals surface area contributed by atoms with Crippen LogP contribution in [0.25, 0.3) is 0 Å². The molecule has 0 aliphatic carbocycles. The van der Waals surface area contributed by atoms with Crippen molar-refractivity contribution < 1.29 is 0 Å². The molecule has 1 aromatic heterocycles. The molecule has 2 aromatic rings. The zero-order valence-electron chi connectivity index (χ0n) is 11.3. The summed E-state index contributed by atoms with van der Waals surface area (Å²) in [6.45, 7) is 1.93. The Morgan fingerprint density at radius 1 is 1.32 bits per heavy atom. The van der Waals surface area contributed by atoms with Gasteiger partial charge in [0.05, 0.1) is 0 Å². The van der Waals surface area contributed by atoms with E-state index in [9.17, 15) is 0 Å². The first-order valence-corrected chi connectivity index (χ1v) is 8.04. The SMILES string of the molecule is CNCc1ccc(N(C)CCc2cccs2)cc1Br. The monoisotopic (exact) mass is 338 g/mol. The molecule has 2 nitrogen and oxygen atoms in total. The van der Waals surface area contributed by atoms with E-state index < -0.39 is 0 Å². The van der Waals surface area contributed by atoms with Crippen molar-refractivity contribution in [1.29, 1.82) is 0 Å². The van der Waals surface area contributed by atoms with Gasteiger partial charge >= 0.3 is 0 Å². The van der Waals surface area contributed by atoms with Crippen LogP contribution in [0.5, 0.6) is 0 Å². The number of hydrogen-bond acceptors (Lipinski definition) is 3. The average molecular weight is 339 g/mol. The Hall–Kier alpha value is -0.840. The maximum Gasteiger partial charge on any atom is 0.0375 e. The number of rotatable bonds is 6. The highest BCUT2D eigenvalue weighted by atomic mass is 79.9. The molecule has 4 heteroatoms. The third kappa shape index (κ3) is 4.06. The number of likely N-dealkylation sites (N-methyl/N-ethyl adjacent to an activating group) is 1. The van der Waals surface area contributed by atoms with Gasteiger partial charge in [-0.2, -0.15) is 0 Å². The van der Waals surface area contributed by atoms with Crippen molar-refractivity contribution in [3.05, 3.63) is 50.6 Å². The van der Waals surface area contributed by atoms with E-state index in [0.717, 1.165) is 19.5 Å². The molecule has 0 saturated heterocycles. The van der Waals surface area contributed by atoms with Gasteiger partial charge in [0.1, 0.15) is 0 Å². The zero-order chi connectivity index (χ0) is 13.7.